The van der Waals surface area contributed by atoms with Crippen molar-refractivity contribution in [2.24, 2.45) is 0 Å². The highest BCUT2D eigenvalue weighted by Crippen LogP contribution is 2.39. The summed E-state index contributed by atoms with van der Waals surface area (Å²) in [5, 5.41) is 5.07. The summed E-state index contributed by atoms with van der Waals surface area (Å²) in [4.78, 5) is 22.4. The number of nitrogens with zero attached hydrogens (tertiary/aromatic N) is 2. The third kappa shape index (κ3) is 5.65. The van der Waals surface area contributed by atoms with Crippen molar-refractivity contribution in [1.29, 1.82) is 0 Å². The van der Waals surface area contributed by atoms with Crippen LogP contribution in [0.15, 0.2) is 67.0 Å². The number of benzene rings is 2. The number of H-pyrrole nitrogens is 1. The number of carbonyl (C=O) groups is 1. The van der Waals surface area contributed by atoms with Gasteiger partial charge in [0.05, 0.1) is 6.61 Å². The molecule has 4 aromatic rings. The van der Waals surface area contributed by atoms with Crippen LogP contribution in [-0.4, -0.2) is 61.0 Å². The fraction of sp³-hybridized carbons (Fsp3) is 0.286. The highest BCUT2D eigenvalue weighted by molar-refractivity contribution is 6.31. The van der Waals surface area contributed by atoms with E-state index in [4.69, 9.17) is 25.8 Å². The number of carbonyl (C=O) groups excluding carboxylic acids is 1. The van der Waals surface area contributed by atoms with E-state index in [0.29, 0.717) is 37.7 Å². The van der Waals surface area contributed by atoms with Crippen LogP contribution >= 0.6 is 11.6 Å². The van der Waals surface area contributed by atoms with Crippen molar-refractivity contribution in [1.82, 2.24) is 14.9 Å². The van der Waals surface area contributed by atoms with E-state index in [9.17, 15) is 4.79 Å². The van der Waals surface area contributed by atoms with Crippen molar-refractivity contribution < 1.29 is 19.0 Å². The number of nitrogens with one attached hydrogen (secondary N) is 2. The molecule has 1 aliphatic heterocycles. The molecule has 1 aliphatic rings. The Hall–Kier alpha value is -3.75. The second-order valence-corrected chi connectivity index (χ2v) is 9.18. The monoisotopic (exact) mass is 520 g/mol. The number of amides is 1. The van der Waals surface area contributed by atoms with Crippen molar-refractivity contribution in [3.63, 3.8) is 0 Å². The minimum absolute atomic E-state index is 0.202. The topological polar surface area (TPSA) is 88.7 Å². The normalized spacial score (nSPS) is 14.9. The number of rotatable bonds is 9. The highest BCUT2D eigenvalue weighted by atomic mass is 35.5. The largest absolute Gasteiger partial charge is 0.492 e. The molecule has 5 rings (SSSR count). The molecule has 2 aromatic heterocycles. The number of aromatic nitrogens is 2. The Labute approximate surface area is 220 Å². The van der Waals surface area contributed by atoms with Crippen LogP contribution in [0.25, 0.3) is 10.9 Å². The number of ether oxygens (including phenoxy) is 3. The molecule has 1 atom stereocenters. The maximum absolute atomic E-state index is 13.1. The van der Waals surface area contributed by atoms with Gasteiger partial charge in [-0.2, -0.15) is 0 Å². The van der Waals surface area contributed by atoms with Gasteiger partial charge in [-0.05, 0) is 60.0 Å². The van der Waals surface area contributed by atoms with Crippen molar-refractivity contribution >= 4 is 34.3 Å². The molecule has 0 aliphatic carbocycles. The summed E-state index contributed by atoms with van der Waals surface area (Å²) < 4.78 is 16.5. The van der Waals surface area contributed by atoms with Crippen molar-refractivity contribution in [2.75, 3.05) is 45.3 Å². The quantitative estimate of drug-likeness (QED) is 0.286. The molecule has 37 heavy (non-hydrogen) atoms. The zero-order valence-corrected chi connectivity index (χ0v) is 21.3. The Morgan fingerprint density at radius 1 is 1.11 bits per heavy atom. The minimum atomic E-state index is -0.369. The molecule has 192 valence electrons. The summed E-state index contributed by atoms with van der Waals surface area (Å²) in [5.41, 5.74) is 5.10. The molecule has 8 nitrogen and oxygen atoms in total. The molecule has 9 heteroatoms. The van der Waals surface area contributed by atoms with Gasteiger partial charge in [0.2, 0.25) is 0 Å². The van der Waals surface area contributed by atoms with Crippen LogP contribution < -0.4 is 10.1 Å². The molecule has 0 fully saturated rings. The lowest BCUT2D eigenvalue weighted by Gasteiger charge is -2.35. The zero-order chi connectivity index (χ0) is 25.6. The second kappa shape index (κ2) is 11.5. The van der Waals surface area contributed by atoms with E-state index in [-0.39, 0.29) is 18.7 Å². The molecule has 1 amide bonds. The van der Waals surface area contributed by atoms with Crippen molar-refractivity contribution in [3.05, 3.63) is 88.8 Å². The van der Waals surface area contributed by atoms with Crippen molar-refractivity contribution in [3.8, 4) is 5.75 Å². The van der Waals surface area contributed by atoms with Crippen molar-refractivity contribution in [2.45, 2.75) is 12.5 Å². The predicted octanol–water partition coefficient (Wildman–Crippen LogP) is 5.44. The van der Waals surface area contributed by atoms with Gasteiger partial charge in [0.1, 0.15) is 25.0 Å². The molecule has 0 bridgehead atoms. The maximum atomic E-state index is 13.1. The third-order valence-corrected chi connectivity index (χ3v) is 6.65. The number of aromatic amines is 1. The van der Waals surface area contributed by atoms with E-state index in [1.165, 1.54) is 5.56 Å². The van der Waals surface area contributed by atoms with Gasteiger partial charge in [0, 0.05) is 59.9 Å². The number of methoxy groups -OCH3 is 1. The van der Waals surface area contributed by atoms with Gasteiger partial charge in [-0.15, -0.1) is 0 Å². The van der Waals surface area contributed by atoms with E-state index in [0.717, 1.165) is 33.6 Å². The minimum Gasteiger partial charge on any atom is -0.492 e. The molecule has 0 radical (unpaired) electrons. The Kier molecular flexibility index (Phi) is 7.77. The average Bonchev–Trinajstić information content (AvgIpc) is 3.29. The SMILES string of the molecule is COCCOC(=O)N1CCc2c([nH]c3ccc(Cl)cc23)C1c1ccc(OCCNc2ccncc2)cc1. The molecule has 2 aromatic carbocycles. The van der Waals surface area contributed by atoms with Gasteiger partial charge in [0.15, 0.2) is 0 Å². The predicted molar refractivity (Wildman–Crippen MR) is 143 cm³/mol. The fourth-order valence-corrected chi connectivity index (χ4v) is 4.85. The Bertz CT molecular complexity index is 1340. The molecule has 0 saturated carbocycles. The zero-order valence-electron chi connectivity index (χ0n) is 20.6. The standard InChI is InChI=1S/C28H29ClN4O4/c1-35-16-17-37-28(34)33-14-10-23-24-18-20(29)4-7-25(24)32-26(23)27(33)19-2-5-22(6-3-19)36-15-13-31-21-8-11-30-12-9-21/h2-9,11-12,18,27,32H,10,13-17H2,1H3,(H,30,31). The summed E-state index contributed by atoms with van der Waals surface area (Å²) in [5.74, 6) is 0.758. The Morgan fingerprint density at radius 2 is 1.92 bits per heavy atom. The van der Waals surface area contributed by atoms with Gasteiger partial charge in [0.25, 0.3) is 0 Å². The number of hydrogen-bond acceptors (Lipinski definition) is 6. The van der Waals surface area contributed by atoms with Gasteiger partial charge < -0.3 is 24.5 Å². The molecular formula is C28H29ClN4O4. The smallest absolute Gasteiger partial charge is 0.410 e. The number of hydrogen-bond donors (Lipinski definition) is 2. The first-order valence-electron chi connectivity index (χ1n) is 12.2. The lowest BCUT2D eigenvalue weighted by atomic mass is 9.92. The summed E-state index contributed by atoms with van der Waals surface area (Å²) >= 11 is 6.29. The van der Waals surface area contributed by atoms with Crippen LogP contribution in [0.1, 0.15) is 22.9 Å². The van der Waals surface area contributed by atoms with Crippen LogP contribution in [-0.2, 0) is 15.9 Å². The van der Waals surface area contributed by atoms with Crippen LogP contribution in [0.3, 0.4) is 0 Å². The third-order valence-electron chi connectivity index (χ3n) is 6.41. The summed E-state index contributed by atoms with van der Waals surface area (Å²) in [7, 11) is 1.58. The van der Waals surface area contributed by atoms with E-state index in [1.54, 1.807) is 24.4 Å². The summed E-state index contributed by atoms with van der Waals surface area (Å²) in [6.45, 7) is 2.25. The number of fused-ring (bicyclic) bond motifs is 3. The maximum Gasteiger partial charge on any atom is 0.410 e. The van der Waals surface area contributed by atoms with Gasteiger partial charge >= 0.3 is 6.09 Å². The molecule has 3 heterocycles. The van der Waals surface area contributed by atoms with E-state index in [1.807, 2.05) is 54.6 Å². The van der Waals surface area contributed by atoms with Crippen LogP contribution in [0, 0.1) is 0 Å². The summed E-state index contributed by atoms with van der Waals surface area (Å²) in [6.07, 6.45) is 3.83. The first-order chi connectivity index (χ1) is 18.1. The lowest BCUT2D eigenvalue weighted by molar-refractivity contribution is 0.0629. The van der Waals surface area contributed by atoms with Crippen LogP contribution in [0.4, 0.5) is 10.5 Å². The molecule has 0 spiro atoms. The first-order valence-corrected chi connectivity index (χ1v) is 12.6. The van der Waals surface area contributed by atoms with Gasteiger partial charge in [-0.1, -0.05) is 23.7 Å². The molecular weight excluding hydrogens is 492 g/mol. The average molecular weight is 521 g/mol. The Balaban J connectivity index is 1.35. The van der Waals surface area contributed by atoms with Gasteiger partial charge in [-0.25, -0.2) is 4.79 Å². The van der Waals surface area contributed by atoms with Gasteiger partial charge in [-0.3, -0.25) is 9.88 Å². The number of pyridine rings is 1. The molecule has 1 unspecified atom stereocenters. The van der Waals surface area contributed by atoms with Crippen LogP contribution in [0.2, 0.25) is 5.02 Å². The van der Waals surface area contributed by atoms with Crippen LogP contribution in [0.5, 0.6) is 5.75 Å². The van der Waals surface area contributed by atoms with E-state index < -0.39 is 0 Å². The van der Waals surface area contributed by atoms with E-state index in [2.05, 4.69) is 15.3 Å². The second-order valence-electron chi connectivity index (χ2n) is 8.74. The Morgan fingerprint density at radius 3 is 2.70 bits per heavy atom. The summed E-state index contributed by atoms with van der Waals surface area (Å²) in [6, 6.07) is 17.2. The molecule has 0 saturated heterocycles. The lowest BCUT2D eigenvalue weighted by Crippen LogP contribution is -2.41. The number of anilines is 1. The molecule has 2 N–H and O–H groups in total. The first kappa shape index (κ1) is 24.9. The number of halogens is 1. The van der Waals surface area contributed by atoms with E-state index >= 15 is 0 Å². The fourth-order valence-electron chi connectivity index (χ4n) is 4.68. The highest BCUT2D eigenvalue weighted by Gasteiger charge is 2.35.